The van der Waals surface area contributed by atoms with Gasteiger partial charge in [-0.05, 0) is 30.7 Å². The van der Waals surface area contributed by atoms with Crippen molar-refractivity contribution in [2.45, 2.75) is 11.8 Å². The van der Waals surface area contributed by atoms with Gasteiger partial charge in [0.2, 0.25) is 0 Å². The maximum atomic E-state index is 13.6. The van der Waals surface area contributed by atoms with Crippen LogP contribution in [0, 0.1) is 29.9 Å². The SMILES string of the molecule is Cc1cccc(NS(=O)(=O)c2ccc(F)cc2F)c1C#N. The lowest BCUT2D eigenvalue weighted by atomic mass is 10.1. The molecule has 21 heavy (non-hydrogen) atoms. The highest BCUT2D eigenvalue weighted by Crippen LogP contribution is 2.23. The Morgan fingerprint density at radius 2 is 1.90 bits per heavy atom. The van der Waals surface area contributed by atoms with Gasteiger partial charge in [0.1, 0.15) is 22.6 Å². The molecule has 0 aliphatic rings. The van der Waals surface area contributed by atoms with Crippen LogP contribution in [0.1, 0.15) is 11.1 Å². The Morgan fingerprint density at radius 3 is 2.52 bits per heavy atom. The van der Waals surface area contributed by atoms with Crippen LogP contribution in [0.5, 0.6) is 0 Å². The molecular weight excluding hydrogens is 298 g/mol. The molecule has 0 radical (unpaired) electrons. The smallest absolute Gasteiger partial charge is 0.264 e. The van der Waals surface area contributed by atoms with Crippen LogP contribution in [0.25, 0.3) is 0 Å². The van der Waals surface area contributed by atoms with Crippen molar-refractivity contribution in [2.75, 3.05) is 4.72 Å². The number of rotatable bonds is 3. The zero-order chi connectivity index (χ0) is 15.6. The van der Waals surface area contributed by atoms with Gasteiger partial charge in [-0.25, -0.2) is 17.2 Å². The molecule has 0 unspecified atom stereocenters. The molecular formula is C14H10F2N2O2S. The van der Waals surface area contributed by atoms with Gasteiger partial charge in [0.05, 0.1) is 11.3 Å². The van der Waals surface area contributed by atoms with Gasteiger partial charge < -0.3 is 0 Å². The van der Waals surface area contributed by atoms with E-state index in [9.17, 15) is 17.2 Å². The Hall–Kier alpha value is -2.46. The standard InChI is InChI=1S/C14H10F2N2O2S/c1-9-3-2-4-13(11(9)8-17)18-21(19,20)14-6-5-10(15)7-12(14)16/h2-7,18H,1H3. The molecule has 0 saturated carbocycles. The Labute approximate surface area is 120 Å². The molecule has 108 valence electrons. The lowest BCUT2D eigenvalue weighted by molar-refractivity contribution is 0.551. The third kappa shape index (κ3) is 3.01. The number of aryl methyl sites for hydroxylation is 1. The summed E-state index contributed by atoms with van der Waals surface area (Å²) in [4.78, 5) is -0.686. The highest BCUT2D eigenvalue weighted by molar-refractivity contribution is 7.92. The first-order valence-corrected chi connectivity index (χ1v) is 7.31. The van der Waals surface area contributed by atoms with E-state index >= 15 is 0 Å². The number of hydrogen-bond acceptors (Lipinski definition) is 3. The Kier molecular flexibility index (Phi) is 3.91. The second-order valence-electron chi connectivity index (χ2n) is 4.29. The average molecular weight is 308 g/mol. The maximum Gasteiger partial charge on any atom is 0.264 e. The minimum atomic E-state index is -4.25. The van der Waals surface area contributed by atoms with Crippen molar-refractivity contribution in [3.63, 3.8) is 0 Å². The Bertz CT molecular complexity index is 843. The van der Waals surface area contributed by atoms with Crippen molar-refractivity contribution >= 4 is 15.7 Å². The van der Waals surface area contributed by atoms with Crippen LogP contribution in [-0.2, 0) is 10.0 Å². The summed E-state index contributed by atoms with van der Waals surface area (Å²) in [5, 5.41) is 9.05. The molecule has 2 aromatic carbocycles. The molecule has 4 nitrogen and oxygen atoms in total. The summed E-state index contributed by atoms with van der Waals surface area (Å²) in [6.45, 7) is 1.65. The van der Waals surface area contributed by atoms with Gasteiger partial charge in [0.15, 0.2) is 0 Å². The minimum absolute atomic E-state index is 0.0428. The molecule has 0 aliphatic heterocycles. The molecule has 0 bridgehead atoms. The first kappa shape index (κ1) is 14.9. The van der Waals surface area contributed by atoms with Crippen molar-refractivity contribution in [3.8, 4) is 6.07 Å². The topological polar surface area (TPSA) is 70.0 Å². The number of anilines is 1. The normalized spacial score (nSPS) is 11.0. The fraction of sp³-hybridized carbons (Fsp3) is 0.0714. The highest BCUT2D eigenvalue weighted by Gasteiger charge is 2.21. The summed E-state index contributed by atoms with van der Waals surface area (Å²) in [5.41, 5.74) is 0.766. The van der Waals surface area contributed by atoms with E-state index in [2.05, 4.69) is 4.72 Å². The number of hydrogen-bond donors (Lipinski definition) is 1. The number of sulfonamides is 1. The summed E-state index contributed by atoms with van der Waals surface area (Å²) < 4.78 is 52.8. The molecule has 0 amide bonds. The zero-order valence-corrected chi connectivity index (χ0v) is 11.7. The molecule has 7 heteroatoms. The van der Waals surface area contributed by atoms with E-state index in [0.717, 1.165) is 12.1 Å². The maximum absolute atomic E-state index is 13.6. The number of benzene rings is 2. The van der Waals surface area contributed by atoms with Gasteiger partial charge in [-0.1, -0.05) is 12.1 Å². The average Bonchev–Trinajstić information content (AvgIpc) is 2.38. The van der Waals surface area contributed by atoms with E-state index < -0.39 is 26.6 Å². The molecule has 0 spiro atoms. The third-order valence-electron chi connectivity index (χ3n) is 2.81. The Balaban J connectivity index is 2.48. The summed E-state index contributed by atoms with van der Waals surface area (Å²) >= 11 is 0. The molecule has 0 fully saturated rings. The molecule has 0 aromatic heterocycles. The van der Waals surface area contributed by atoms with Gasteiger partial charge in [0.25, 0.3) is 10.0 Å². The quantitative estimate of drug-likeness (QED) is 0.947. The number of nitriles is 1. The van der Waals surface area contributed by atoms with Crippen molar-refractivity contribution in [3.05, 3.63) is 59.2 Å². The molecule has 0 atom stereocenters. The van der Waals surface area contributed by atoms with Crippen LogP contribution in [0.15, 0.2) is 41.3 Å². The summed E-state index contributed by atoms with van der Waals surface area (Å²) in [7, 11) is -4.25. The van der Waals surface area contributed by atoms with Gasteiger partial charge in [-0.15, -0.1) is 0 Å². The molecule has 2 aromatic rings. The lowest BCUT2D eigenvalue weighted by Crippen LogP contribution is -2.15. The first-order valence-electron chi connectivity index (χ1n) is 5.83. The van der Waals surface area contributed by atoms with E-state index in [1.54, 1.807) is 19.1 Å². The van der Waals surface area contributed by atoms with Crippen LogP contribution < -0.4 is 4.72 Å². The van der Waals surface area contributed by atoms with Crippen LogP contribution in [0.3, 0.4) is 0 Å². The van der Waals surface area contributed by atoms with Gasteiger partial charge in [-0.2, -0.15) is 5.26 Å². The predicted molar refractivity (Wildman–Crippen MR) is 73.1 cm³/mol. The third-order valence-corrected chi connectivity index (χ3v) is 4.21. The zero-order valence-electron chi connectivity index (χ0n) is 10.9. The van der Waals surface area contributed by atoms with Gasteiger partial charge in [0, 0.05) is 6.07 Å². The molecule has 0 heterocycles. The monoisotopic (exact) mass is 308 g/mol. The number of halogens is 2. The van der Waals surface area contributed by atoms with E-state index in [4.69, 9.17) is 5.26 Å². The summed E-state index contributed by atoms with van der Waals surface area (Å²) in [6, 6.07) is 8.64. The van der Waals surface area contributed by atoms with Crippen LogP contribution in [0.4, 0.5) is 14.5 Å². The van der Waals surface area contributed by atoms with Crippen molar-refractivity contribution < 1.29 is 17.2 Å². The fourth-order valence-corrected chi connectivity index (χ4v) is 2.93. The second kappa shape index (κ2) is 5.50. The van der Waals surface area contributed by atoms with E-state index in [1.165, 1.54) is 6.07 Å². The van der Waals surface area contributed by atoms with Gasteiger partial charge >= 0.3 is 0 Å². The summed E-state index contributed by atoms with van der Waals surface area (Å²) in [5.74, 6) is -2.08. The number of nitrogens with one attached hydrogen (secondary N) is 1. The van der Waals surface area contributed by atoms with E-state index in [1.807, 2.05) is 6.07 Å². The van der Waals surface area contributed by atoms with E-state index in [0.29, 0.717) is 11.6 Å². The van der Waals surface area contributed by atoms with Crippen LogP contribution >= 0.6 is 0 Å². The first-order chi connectivity index (χ1) is 9.85. The van der Waals surface area contributed by atoms with Crippen LogP contribution in [-0.4, -0.2) is 8.42 Å². The molecule has 2 rings (SSSR count). The van der Waals surface area contributed by atoms with Crippen molar-refractivity contribution in [1.29, 1.82) is 5.26 Å². The van der Waals surface area contributed by atoms with Crippen molar-refractivity contribution in [1.82, 2.24) is 0 Å². The highest BCUT2D eigenvalue weighted by atomic mass is 32.2. The predicted octanol–water partition coefficient (Wildman–Crippen LogP) is 2.95. The van der Waals surface area contributed by atoms with E-state index in [-0.39, 0.29) is 11.3 Å². The lowest BCUT2D eigenvalue weighted by Gasteiger charge is -2.11. The van der Waals surface area contributed by atoms with Gasteiger partial charge in [-0.3, -0.25) is 4.72 Å². The Morgan fingerprint density at radius 1 is 1.19 bits per heavy atom. The number of nitrogens with zero attached hydrogens (tertiary/aromatic N) is 1. The molecule has 1 N–H and O–H groups in total. The minimum Gasteiger partial charge on any atom is -0.278 e. The van der Waals surface area contributed by atoms with Crippen LogP contribution in [0.2, 0.25) is 0 Å². The fourth-order valence-electron chi connectivity index (χ4n) is 1.79. The van der Waals surface area contributed by atoms with Crippen molar-refractivity contribution in [2.24, 2.45) is 0 Å². The summed E-state index contributed by atoms with van der Waals surface area (Å²) in [6.07, 6.45) is 0. The molecule has 0 saturated heterocycles. The largest absolute Gasteiger partial charge is 0.278 e. The second-order valence-corrected chi connectivity index (χ2v) is 5.94. The molecule has 0 aliphatic carbocycles.